The van der Waals surface area contributed by atoms with Crippen LogP contribution in [0.25, 0.3) is 0 Å². The van der Waals surface area contributed by atoms with Gasteiger partial charge < -0.3 is 15.4 Å². The van der Waals surface area contributed by atoms with E-state index >= 15 is 0 Å². The fraction of sp³-hybridized carbons (Fsp3) is 0.235. The van der Waals surface area contributed by atoms with Gasteiger partial charge in [-0.15, -0.1) is 0 Å². The molecule has 3 nitrogen and oxygen atoms in total. The second-order valence-electron chi connectivity index (χ2n) is 4.95. The Morgan fingerprint density at radius 3 is 2.43 bits per heavy atom. The number of anilines is 1. The minimum Gasteiger partial charge on any atom is -0.494 e. The van der Waals surface area contributed by atoms with E-state index in [1.165, 1.54) is 0 Å². The summed E-state index contributed by atoms with van der Waals surface area (Å²) in [5.41, 5.74) is 1.91. The van der Waals surface area contributed by atoms with Crippen molar-refractivity contribution < 1.29 is 4.74 Å². The number of thiocarbonyl (C=S) groups is 1. The number of hydrogen-bond acceptors (Lipinski definition) is 2. The summed E-state index contributed by atoms with van der Waals surface area (Å²) in [4.78, 5) is 0. The quantitative estimate of drug-likeness (QED) is 0.688. The van der Waals surface area contributed by atoms with Gasteiger partial charge in [-0.25, -0.2) is 0 Å². The van der Waals surface area contributed by atoms with E-state index in [1.807, 2.05) is 44.2 Å². The summed E-state index contributed by atoms with van der Waals surface area (Å²) in [5, 5.41) is 7.84. The van der Waals surface area contributed by atoms with Crippen LogP contribution in [0.3, 0.4) is 0 Å². The number of rotatable bonds is 5. The lowest BCUT2D eigenvalue weighted by atomic mass is 10.1. The molecule has 122 valence electrons. The lowest BCUT2D eigenvalue weighted by Gasteiger charge is -2.18. The molecule has 0 radical (unpaired) electrons. The molecule has 0 aromatic heterocycles. The second kappa shape index (κ2) is 8.39. The van der Waals surface area contributed by atoms with Crippen molar-refractivity contribution in [1.29, 1.82) is 0 Å². The lowest BCUT2D eigenvalue weighted by molar-refractivity contribution is 0.340. The van der Waals surface area contributed by atoms with Gasteiger partial charge in [-0.3, -0.25) is 0 Å². The summed E-state index contributed by atoms with van der Waals surface area (Å²) < 4.78 is 5.44. The van der Waals surface area contributed by atoms with E-state index in [9.17, 15) is 0 Å². The molecule has 0 spiro atoms. The molecular weight excluding hydrogens is 351 g/mol. The minimum atomic E-state index is 0.0634. The van der Waals surface area contributed by atoms with Crippen LogP contribution in [0, 0.1) is 0 Å². The van der Waals surface area contributed by atoms with Crippen LogP contribution in [-0.2, 0) is 0 Å². The molecule has 2 aromatic rings. The van der Waals surface area contributed by atoms with Gasteiger partial charge in [-0.1, -0.05) is 35.3 Å². The van der Waals surface area contributed by atoms with Gasteiger partial charge in [0.15, 0.2) is 5.11 Å². The minimum absolute atomic E-state index is 0.0634. The normalized spacial score (nSPS) is 11.7. The van der Waals surface area contributed by atoms with Crippen LogP contribution in [0.5, 0.6) is 5.75 Å². The van der Waals surface area contributed by atoms with Gasteiger partial charge in [0.2, 0.25) is 0 Å². The van der Waals surface area contributed by atoms with Crippen molar-refractivity contribution in [2.24, 2.45) is 0 Å². The van der Waals surface area contributed by atoms with E-state index in [1.54, 1.807) is 12.1 Å². The zero-order chi connectivity index (χ0) is 16.8. The molecule has 1 atom stereocenters. The van der Waals surface area contributed by atoms with Crippen molar-refractivity contribution in [3.05, 3.63) is 58.1 Å². The van der Waals surface area contributed by atoms with Crippen LogP contribution in [0.15, 0.2) is 42.5 Å². The van der Waals surface area contributed by atoms with Crippen molar-refractivity contribution in [3.8, 4) is 5.75 Å². The average molecular weight is 369 g/mol. The topological polar surface area (TPSA) is 33.3 Å². The summed E-state index contributed by atoms with van der Waals surface area (Å²) in [7, 11) is 0. The number of nitrogens with one attached hydrogen (secondary N) is 2. The fourth-order valence-corrected chi connectivity index (χ4v) is 2.63. The predicted octanol–water partition coefficient (Wildman–Crippen LogP) is 5.44. The van der Waals surface area contributed by atoms with Crippen LogP contribution >= 0.6 is 35.4 Å². The molecule has 0 bridgehead atoms. The molecule has 0 fully saturated rings. The summed E-state index contributed by atoms with van der Waals surface area (Å²) >= 11 is 17.2. The van der Waals surface area contributed by atoms with E-state index in [0.29, 0.717) is 21.8 Å². The van der Waals surface area contributed by atoms with Gasteiger partial charge in [0.1, 0.15) is 5.75 Å². The highest BCUT2D eigenvalue weighted by atomic mass is 35.5. The molecule has 0 aliphatic rings. The molecule has 0 amide bonds. The van der Waals surface area contributed by atoms with E-state index in [2.05, 4.69) is 10.6 Å². The predicted molar refractivity (Wildman–Crippen MR) is 102 cm³/mol. The smallest absolute Gasteiger partial charge is 0.171 e. The molecule has 0 aliphatic heterocycles. The largest absolute Gasteiger partial charge is 0.494 e. The maximum Gasteiger partial charge on any atom is 0.171 e. The molecule has 0 heterocycles. The molecule has 2 aromatic carbocycles. The third-order valence-corrected chi connectivity index (χ3v) is 4.18. The Bertz CT molecular complexity index is 677. The van der Waals surface area contributed by atoms with Crippen molar-refractivity contribution >= 4 is 46.2 Å². The monoisotopic (exact) mass is 368 g/mol. The van der Waals surface area contributed by atoms with E-state index in [0.717, 1.165) is 17.0 Å². The molecule has 6 heteroatoms. The number of ether oxygens (including phenoxy) is 1. The summed E-state index contributed by atoms with van der Waals surface area (Å²) in [6.45, 7) is 4.66. The highest BCUT2D eigenvalue weighted by molar-refractivity contribution is 7.80. The number of halogens is 2. The number of benzene rings is 2. The molecule has 0 saturated carbocycles. The Balaban J connectivity index is 1.94. The zero-order valence-electron chi connectivity index (χ0n) is 12.9. The van der Waals surface area contributed by atoms with Crippen LogP contribution in [-0.4, -0.2) is 11.7 Å². The molecule has 0 saturated heterocycles. The molecular formula is C17H18Cl2N2OS. The van der Waals surface area contributed by atoms with Crippen LogP contribution < -0.4 is 15.4 Å². The van der Waals surface area contributed by atoms with Gasteiger partial charge in [0.25, 0.3) is 0 Å². The highest BCUT2D eigenvalue weighted by Gasteiger charge is 2.08. The lowest BCUT2D eigenvalue weighted by Crippen LogP contribution is -2.30. The van der Waals surface area contributed by atoms with Crippen LogP contribution in [0.2, 0.25) is 10.0 Å². The summed E-state index contributed by atoms with van der Waals surface area (Å²) in [6.07, 6.45) is 0. The first kappa shape index (κ1) is 17.9. The maximum atomic E-state index is 5.99. The van der Waals surface area contributed by atoms with Crippen molar-refractivity contribution in [1.82, 2.24) is 5.32 Å². The molecule has 23 heavy (non-hydrogen) atoms. The molecule has 0 aliphatic carbocycles. The highest BCUT2D eigenvalue weighted by Crippen LogP contribution is 2.25. The standard InChI is InChI=1S/C17H18Cl2N2OS/c1-3-22-14-7-4-12(5-8-14)11(2)20-17(23)21-13-6-9-15(18)16(19)10-13/h4-11H,3H2,1-2H3,(H2,20,21,23)/t11-/m1/s1. The van der Waals surface area contributed by atoms with E-state index < -0.39 is 0 Å². The first-order chi connectivity index (χ1) is 11.0. The van der Waals surface area contributed by atoms with Crippen LogP contribution in [0.4, 0.5) is 5.69 Å². The zero-order valence-corrected chi connectivity index (χ0v) is 15.2. The van der Waals surface area contributed by atoms with E-state index in [-0.39, 0.29) is 6.04 Å². The number of hydrogen-bond donors (Lipinski definition) is 2. The average Bonchev–Trinajstić information content (AvgIpc) is 2.52. The van der Waals surface area contributed by atoms with Crippen LogP contribution in [0.1, 0.15) is 25.5 Å². The van der Waals surface area contributed by atoms with Gasteiger partial charge >= 0.3 is 0 Å². The Labute approximate surface area is 151 Å². The third-order valence-electron chi connectivity index (χ3n) is 3.22. The Hall–Kier alpha value is -1.49. The Morgan fingerprint density at radius 2 is 1.83 bits per heavy atom. The SMILES string of the molecule is CCOc1ccc([C@@H](C)NC(=S)Nc2ccc(Cl)c(Cl)c2)cc1. The Morgan fingerprint density at radius 1 is 1.13 bits per heavy atom. The van der Waals surface area contributed by atoms with Gasteiger partial charge in [0.05, 0.1) is 22.7 Å². The molecule has 2 N–H and O–H groups in total. The van der Waals surface area contributed by atoms with E-state index in [4.69, 9.17) is 40.2 Å². The van der Waals surface area contributed by atoms with Gasteiger partial charge in [-0.2, -0.15) is 0 Å². The molecule has 0 unspecified atom stereocenters. The summed E-state index contributed by atoms with van der Waals surface area (Å²) in [5.74, 6) is 0.861. The second-order valence-corrected chi connectivity index (χ2v) is 6.17. The maximum absolute atomic E-state index is 5.99. The molecule has 2 rings (SSSR count). The van der Waals surface area contributed by atoms with Crippen molar-refractivity contribution in [2.45, 2.75) is 19.9 Å². The van der Waals surface area contributed by atoms with Gasteiger partial charge in [0, 0.05) is 5.69 Å². The van der Waals surface area contributed by atoms with Gasteiger partial charge in [-0.05, 0) is 62.0 Å². The first-order valence-corrected chi connectivity index (χ1v) is 8.41. The summed E-state index contributed by atoms with van der Waals surface area (Å²) in [6, 6.07) is 13.3. The van der Waals surface area contributed by atoms with Crippen molar-refractivity contribution in [2.75, 3.05) is 11.9 Å². The van der Waals surface area contributed by atoms with Crippen molar-refractivity contribution in [3.63, 3.8) is 0 Å². The third kappa shape index (κ3) is 5.27. The first-order valence-electron chi connectivity index (χ1n) is 7.25. The Kier molecular flexibility index (Phi) is 6.51. The fourth-order valence-electron chi connectivity index (χ4n) is 2.04.